The van der Waals surface area contributed by atoms with Crippen LogP contribution in [0.3, 0.4) is 0 Å². The van der Waals surface area contributed by atoms with Crippen molar-refractivity contribution in [1.29, 1.82) is 0 Å². The normalized spacial score (nSPS) is 26.7. The fourth-order valence-corrected chi connectivity index (χ4v) is 5.74. The van der Waals surface area contributed by atoms with E-state index in [9.17, 15) is 19.2 Å². The number of hydrogen-bond acceptors (Lipinski definition) is 8. The molecule has 1 spiro atoms. The fourth-order valence-electron chi connectivity index (χ4n) is 5.74. The highest BCUT2D eigenvalue weighted by Gasteiger charge is 2.66. The van der Waals surface area contributed by atoms with Gasteiger partial charge in [-0.25, -0.2) is 4.79 Å². The van der Waals surface area contributed by atoms with E-state index in [0.717, 1.165) is 19.3 Å². The average molecular weight is 665 g/mol. The number of esters is 1. The molecular formula is C39H68O8. The van der Waals surface area contributed by atoms with Crippen LogP contribution in [0.2, 0.25) is 0 Å². The van der Waals surface area contributed by atoms with E-state index in [1.165, 1.54) is 65.2 Å². The van der Waals surface area contributed by atoms with Gasteiger partial charge < -0.3 is 23.7 Å². The van der Waals surface area contributed by atoms with Gasteiger partial charge in [0.05, 0.1) is 12.5 Å². The summed E-state index contributed by atoms with van der Waals surface area (Å²) in [7, 11) is 0. The monoisotopic (exact) mass is 664 g/mol. The Hall–Kier alpha value is -2.16. The summed E-state index contributed by atoms with van der Waals surface area (Å²) in [6.45, 7) is 17.2. The standard InChI is InChI=1S/C28H42O7.C4H8.C3H6O.2C2H6/c1-2-3-4-5-6-7-8-9-10-11-12-13-14-15-20(29)16-22-17-21(30)18-28(34-22)19-23-24(35-28)25-26(33-25)27(31)32-23;1-3-4-2;1-3(2)4;2*1-2/h3-4,22-26H,2,5-19H2,1H3;3-4H,1-2H3;1-2H3;2*1-2H3/b4-3+;4-3-;;;. The quantitative estimate of drug-likeness (QED) is 0.0737. The van der Waals surface area contributed by atoms with E-state index < -0.39 is 24.1 Å². The Morgan fingerprint density at radius 2 is 1.36 bits per heavy atom. The Morgan fingerprint density at radius 1 is 0.809 bits per heavy atom. The largest absolute Gasteiger partial charge is 0.457 e. The van der Waals surface area contributed by atoms with Crippen molar-refractivity contribution in [3.05, 3.63) is 24.3 Å². The average Bonchev–Trinajstić information content (AvgIpc) is 3.78. The molecule has 4 fully saturated rings. The van der Waals surface area contributed by atoms with Gasteiger partial charge in [0.1, 0.15) is 35.7 Å². The maximum atomic E-state index is 12.5. The molecule has 6 unspecified atom stereocenters. The maximum Gasteiger partial charge on any atom is 0.338 e. The second-order valence-corrected chi connectivity index (χ2v) is 12.3. The van der Waals surface area contributed by atoms with Gasteiger partial charge in [0.2, 0.25) is 0 Å². The van der Waals surface area contributed by atoms with Crippen molar-refractivity contribution >= 4 is 23.3 Å². The van der Waals surface area contributed by atoms with Gasteiger partial charge in [0, 0.05) is 25.7 Å². The summed E-state index contributed by atoms with van der Waals surface area (Å²) in [4.78, 5) is 46.3. The molecule has 0 aromatic heterocycles. The van der Waals surface area contributed by atoms with E-state index in [-0.39, 0.29) is 54.8 Å². The maximum absolute atomic E-state index is 12.5. The molecule has 0 aromatic rings. The molecule has 4 heterocycles. The van der Waals surface area contributed by atoms with Crippen LogP contribution in [-0.4, -0.2) is 59.6 Å². The van der Waals surface area contributed by atoms with E-state index >= 15 is 0 Å². The second-order valence-electron chi connectivity index (χ2n) is 12.3. The van der Waals surface area contributed by atoms with Crippen molar-refractivity contribution in [1.82, 2.24) is 0 Å². The van der Waals surface area contributed by atoms with E-state index in [2.05, 4.69) is 19.1 Å². The third kappa shape index (κ3) is 18.8. The first-order valence-corrected chi connectivity index (χ1v) is 18.6. The van der Waals surface area contributed by atoms with Gasteiger partial charge in [-0.2, -0.15) is 0 Å². The van der Waals surface area contributed by atoms with Crippen molar-refractivity contribution in [3.8, 4) is 0 Å². The Labute approximate surface area is 286 Å². The molecule has 0 bridgehead atoms. The van der Waals surface area contributed by atoms with Crippen LogP contribution in [-0.2, 0) is 38.1 Å². The number of allylic oxidation sites excluding steroid dienone is 4. The lowest BCUT2D eigenvalue weighted by atomic mass is 9.93. The summed E-state index contributed by atoms with van der Waals surface area (Å²) >= 11 is 0. The van der Waals surface area contributed by atoms with Crippen molar-refractivity contribution in [2.45, 2.75) is 201 Å². The minimum atomic E-state index is -1.09. The van der Waals surface area contributed by atoms with Crippen LogP contribution in [0.5, 0.6) is 0 Å². The van der Waals surface area contributed by atoms with E-state index in [1.54, 1.807) is 0 Å². The molecule has 4 rings (SSSR count). The number of fused-ring (bicyclic) bond motifs is 3. The number of ether oxygens (including phenoxy) is 4. The third-order valence-electron chi connectivity index (χ3n) is 7.90. The second kappa shape index (κ2) is 26.8. The number of hydrogen-bond donors (Lipinski definition) is 0. The highest BCUT2D eigenvalue weighted by atomic mass is 16.8. The van der Waals surface area contributed by atoms with Crippen molar-refractivity contribution in [2.24, 2.45) is 0 Å². The van der Waals surface area contributed by atoms with Crippen LogP contribution >= 0.6 is 0 Å². The molecule has 8 heteroatoms. The SMILES string of the molecule is C/C=C\C.CC.CC.CC(C)=O.CC/C=C/CCCCCCCCCCCC(=O)CC1CC(=O)CC2(CC3OC(=O)C4OC4C3O2)O1. The summed E-state index contributed by atoms with van der Waals surface area (Å²) in [5, 5.41) is 0. The molecule has 0 aromatic carbocycles. The van der Waals surface area contributed by atoms with Crippen LogP contribution in [0.25, 0.3) is 0 Å². The van der Waals surface area contributed by atoms with Gasteiger partial charge in [0.25, 0.3) is 0 Å². The Morgan fingerprint density at radius 3 is 1.91 bits per heavy atom. The zero-order chi connectivity index (χ0) is 35.7. The molecule has 4 saturated heterocycles. The molecule has 8 nitrogen and oxygen atoms in total. The summed E-state index contributed by atoms with van der Waals surface area (Å²) in [5.41, 5.74) is 0. The number of carbonyl (C=O) groups is 4. The number of ketones is 3. The van der Waals surface area contributed by atoms with Gasteiger partial charge in [0.15, 0.2) is 11.9 Å². The van der Waals surface area contributed by atoms with Crippen LogP contribution in [0.1, 0.15) is 165 Å². The van der Waals surface area contributed by atoms with Gasteiger partial charge in [-0.05, 0) is 53.4 Å². The molecule has 4 aliphatic rings. The predicted molar refractivity (Wildman–Crippen MR) is 189 cm³/mol. The first-order valence-electron chi connectivity index (χ1n) is 18.6. The third-order valence-corrected chi connectivity index (χ3v) is 7.90. The molecular weight excluding hydrogens is 596 g/mol. The Bertz CT molecular complexity index is 933. The molecule has 0 aliphatic carbocycles. The van der Waals surface area contributed by atoms with Gasteiger partial charge in [-0.1, -0.05) is 104 Å². The molecule has 0 radical (unpaired) electrons. The first-order chi connectivity index (χ1) is 22.6. The minimum absolute atomic E-state index is 0.0321. The fraction of sp³-hybridized carbons (Fsp3) is 0.795. The van der Waals surface area contributed by atoms with E-state index in [4.69, 9.17) is 18.9 Å². The first kappa shape index (κ1) is 44.8. The van der Waals surface area contributed by atoms with Crippen LogP contribution < -0.4 is 0 Å². The Kier molecular flexibility index (Phi) is 25.5. The molecule has 6 atom stereocenters. The molecule has 0 N–H and O–H groups in total. The molecule has 272 valence electrons. The summed E-state index contributed by atoms with van der Waals surface area (Å²) in [6.07, 6.45) is 21.1. The predicted octanol–water partition coefficient (Wildman–Crippen LogP) is 9.36. The number of epoxide rings is 1. The zero-order valence-electron chi connectivity index (χ0n) is 31.3. The lowest BCUT2D eigenvalue weighted by Crippen LogP contribution is -2.45. The highest BCUT2D eigenvalue weighted by molar-refractivity contribution is 5.83. The topological polar surface area (TPSA) is 108 Å². The van der Waals surface area contributed by atoms with Crippen molar-refractivity contribution < 1.29 is 38.1 Å². The zero-order valence-corrected chi connectivity index (χ0v) is 31.3. The van der Waals surface area contributed by atoms with E-state index in [1.807, 2.05) is 53.7 Å². The van der Waals surface area contributed by atoms with E-state index in [0.29, 0.717) is 12.8 Å². The number of carbonyl (C=O) groups excluding carboxylic acids is 4. The number of Topliss-reactive ketones (excluding diaryl/α,β-unsaturated/α-hetero) is 3. The van der Waals surface area contributed by atoms with Crippen molar-refractivity contribution in [3.63, 3.8) is 0 Å². The lowest BCUT2D eigenvalue weighted by molar-refractivity contribution is -0.263. The molecule has 47 heavy (non-hydrogen) atoms. The molecule has 0 amide bonds. The smallest absolute Gasteiger partial charge is 0.338 e. The van der Waals surface area contributed by atoms with Crippen LogP contribution in [0.4, 0.5) is 0 Å². The molecule has 0 saturated carbocycles. The number of rotatable bonds is 15. The summed E-state index contributed by atoms with van der Waals surface area (Å²) < 4.78 is 23.1. The van der Waals surface area contributed by atoms with Crippen molar-refractivity contribution in [2.75, 3.05) is 0 Å². The van der Waals surface area contributed by atoms with Crippen LogP contribution in [0.15, 0.2) is 24.3 Å². The van der Waals surface area contributed by atoms with Crippen LogP contribution in [0, 0.1) is 0 Å². The Balaban J connectivity index is 0.00000154. The minimum Gasteiger partial charge on any atom is -0.457 e. The number of unbranched alkanes of at least 4 members (excludes halogenated alkanes) is 9. The van der Waals surface area contributed by atoms with Gasteiger partial charge in [-0.3, -0.25) is 9.59 Å². The van der Waals surface area contributed by atoms with Gasteiger partial charge >= 0.3 is 5.97 Å². The highest BCUT2D eigenvalue weighted by Crippen LogP contribution is 2.48. The summed E-state index contributed by atoms with van der Waals surface area (Å²) in [5.74, 6) is -1.11. The lowest BCUT2D eigenvalue weighted by Gasteiger charge is -2.37. The molecule has 4 aliphatic heterocycles. The van der Waals surface area contributed by atoms with Gasteiger partial charge in [-0.15, -0.1) is 0 Å². The summed E-state index contributed by atoms with van der Waals surface area (Å²) in [6, 6.07) is 0.